The van der Waals surface area contributed by atoms with E-state index < -0.39 is 0 Å². The molecule has 0 atom stereocenters. The number of hydrogen-bond donors (Lipinski definition) is 1. The molecule has 0 fully saturated rings. The van der Waals surface area contributed by atoms with E-state index in [1.54, 1.807) is 0 Å². The summed E-state index contributed by atoms with van der Waals surface area (Å²) in [6, 6.07) is 108. The third-order valence-electron chi connectivity index (χ3n) is 16.2. The maximum Gasteiger partial charge on any atom is 0.0542 e. The van der Waals surface area contributed by atoms with Crippen LogP contribution in [-0.2, 0) is 10.8 Å². The number of anilines is 5. The largest absolute Gasteiger partial charge is 0.356 e. The number of rotatable bonds is 11. The number of nitrogens with one attached hydrogen (secondary N) is 1. The molecule has 0 aliphatic carbocycles. The lowest BCUT2D eigenvalue weighted by Crippen LogP contribution is -2.10. The van der Waals surface area contributed by atoms with Gasteiger partial charge in [0.25, 0.3) is 0 Å². The average Bonchev–Trinajstić information content (AvgIpc) is 1.67. The zero-order chi connectivity index (χ0) is 61.3. The number of para-hydroxylation sites is 6. The molecule has 14 aromatic rings. The van der Waals surface area contributed by atoms with Crippen LogP contribution >= 0.6 is 15.9 Å². The number of fused-ring (bicyclic) bond motifs is 6. The molecule has 0 aliphatic rings. The minimum atomic E-state index is 0. The minimum Gasteiger partial charge on any atom is -0.356 e. The first kappa shape index (κ1) is 61.4. The molecule has 14 rings (SSSR count). The molecule has 0 saturated heterocycles. The zero-order valence-corrected chi connectivity index (χ0v) is 53.0. The molecule has 5 heteroatoms. The summed E-state index contributed by atoms with van der Waals surface area (Å²) in [6.45, 7) is 13.5. The molecule has 0 aliphatic heterocycles. The smallest absolute Gasteiger partial charge is 0.0542 e. The molecule has 90 heavy (non-hydrogen) atoms. The number of halogens is 1. The number of aromatic nitrogens is 2. The van der Waals surface area contributed by atoms with E-state index in [9.17, 15) is 0 Å². The van der Waals surface area contributed by atoms with Crippen LogP contribution in [0.25, 0.3) is 79.3 Å². The third-order valence-corrected chi connectivity index (χ3v) is 16.7. The standard InChI is InChI=1S/C42H36N2.C24H18N2.C18H19Br.CH4/c1-42(2,3)33-24-20-31(21-25-33)18-19-32-22-26-36(27-23-32)43(34-12-6-4-7-13-34)37-28-29-41-39(30-37)38-16-10-11-17-40(38)44(41)35-14-8-5-9-15-35;1-3-9-18(10-4-1)25-19-15-16-24-22(17-19)21-13-7-8-14-23(21)26(24)20-11-5-2-6-12-20;1-18(2,3)16-10-6-14(7-11-16)4-5-15-8-12-17(19)13-9-15;/h4-30H,1-3H3;1-17,25H;4-13H,1-3H3;1H4/b19-18+;;5-4+;. The topological polar surface area (TPSA) is 25.1 Å². The van der Waals surface area contributed by atoms with Gasteiger partial charge in [0.05, 0.1) is 22.1 Å². The van der Waals surface area contributed by atoms with Gasteiger partial charge in [-0.05, 0) is 166 Å². The Labute approximate surface area is 540 Å². The quantitative estimate of drug-likeness (QED) is 0.131. The highest BCUT2D eigenvalue weighted by Gasteiger charge is 2.19. The van der Waals surface area contributed by atoms with E-state index >= 15 is 0 Å². The Kier molecular flexibility index (Phi) is 18.7. The Morgan fingerprint density at radius 2 is 0.656 bits per heavy atom. The van der Waals surface area contributed by atoms with Gasteiger partial charge in [-0.1, -0.05) is 271 Å². The number of benzene rings is 12. The Bertz CT molecular complexity index is 4700. The fourth-order valence-electron chi connectivity index (χ4n) is 11.5. The highest BCUT2D eigenvalue weighted by Crippen LogP contribution is 2.40. The molecule has 0 bridgehead atoms. The zero-order valence-electron chi connectivity index (χ0n) is 51.4. The van der Waals surface area contributed by atoms with Gasteiger partial charge >= 0.3 is 0 Å². The summed E-state index contributed by atoms with van der Waals surface area (Å²) in [4.78, 5) is 2.34. The molecule has 0 spiro atoms. The number of hydrogen-bond acceptors (Lipinski definition) is 2. The van der Waals surface area contributed by atoms with E-state index in [2.05, 4.69) is 386 Å². The van der Waals surface area contributed by atoms with Crippen molar-refractivity contribution in [1.29, 1.82) is 0 Å². The van der Waals surface area contributed by atoms with Crippen LogP contribution in [0, 0.1) is 0 Å². The molecule has 0 amide bonds. The molecule has 444 valence electrons. The summed E-state index contributed by atoms with van der Waals surface area (Å²) in [5.41, 5.74) is 20.7. The second kappa shape index (κ2) is 27.5. The summed E-state index contributed by atoms with van der Waals surface area (Å²) < 4.78 is 5.80. The van der Waals surface area contributed by atoms with E-state index in [0.29, 0.717) is 0 Å². The lowest BCUT2D eigenvalue weighted by Gasteiger charge is -2.25. The molecule has 0 saturated carbocycles. The summed E-state index contributed by atoms with van der Waals surface area (Å²) in [5.74, 6) is 0. The highest BCUT2D eigenvalue weighted by atomic mass is 79.9. The maximum absolute atomic E-state index is 3.50. The van der Waals surface area contributed by atoms with Gasteiger partial charge < -0.3 is 19.4 Å². The fraction of sp³-hybridized carbons (Fsp3) is 0.106. The van der Waals surface area contributed by atoms with Gasteiger partial charge in [0, 0.05) is 65.8 Å². The Morgan fingerprint density at radius 1 is 0.311 bits per heavy atom. The summed E-state index contributed by atoms with van der Waals surface area (Å²) in [5, 5.41) is 8.51. The van der Waals surface area contributed by atoms with Crippen molar-refractivity contribution < 1.29 is 0 Å². The van der Waals surface area contributed by atoms with E-state index in [1.807, 2.05) is 18.2 Å². The second-order valence-electron chi connectivity index (χ2n) is 24.5. The minimum absolute atomic E-state index is 0. The van der Waals surface area contributed by atoms with Crippen LogP contribution < -0.4 is 10.2 Å². The van der Waals surface area contributed by atoms with Crippen LogP contribution in [0.1, 0.15) is 82.3 Å². The molecule has 12 aromatic carbocycles. The molecular weight excluding hydrogens is 1160 g/mol. The first-order valence-electron chi connectivity index (χ1n) is 30.6. The lowest BCUT2D eigenvalue weighted by atomic mass is 9.87. The first-order chi connectivity index (χ1) is 43.3. The average molecular weight is 1230 g/mol. The predicted octanol–water partition coefficient (Wildman–Crippen LogP) is 24.8. The Hall–Kier alpha value is -10.2. The Morgan fingerprint density at radius 3 is 1.11 bits per heavy atom. The summed E-state index contributed by atoms with van der Waals surface area (Å²) in [6.07, 6.45) is 8.66. The van der Waals surface area contributed by atoms with Crippen LogP contribution in [0.15, 0.2) is 308 Å². The van der Waals surface area contributed by atoms with Crippen molar-refractivity contribution in [3.63, 3.8) is 0 Å². The molecule has 0 radical (unpaired) electrons. The fourth-order valence-corrected chi connectivity index (χ4v) is 11.7. The van der Waals surface area contributed by atoms with Crippen molar-refractivity contribution in [3.05, 3.63) is 341 Å². The third kappa shape index (κ3) is 14.2. The molecule has 2 heterocycles. The lowest BCUT2D eigenvalue weighted by molar-refractivity contribution is 0.590. The van der Waals surface area contributed by atoms with Crippen LogP contribution in [0.4, 0.5) is 28.4 Å². The summed E-state index contributed by atoms with van der Waals surface area (Å²) >= 11 is 3.44. The van der Waals surface area contributed by atoms with Crippen molar-refractivity contribution in [2.45, 2.75) is 59.8 Å². The van der Waals surface area contributed by atoms with Gasteiger partial charge in [-0.2, -0.15) is 0 Å². The van der Waals surface area contributed by atoms with E-state index in [4.69, 9.17) is 0 Å². The van der Waals surface area contributed by atoms with Crippen molar-refractivity contribution >= 4 is 112 Å². The van der Waals surface area contributed by atoms with Crippen LogP contribution in [0.5, 0.6) is 0 Å². The second-order valence-corrected chi connectivity index (χ2v) is 25.4. The Balaban J connectivity index is 0.000000153. The van der Waals surface area contributed by atoms with E-state index in [1.165, 1.54) is 88.4 Å². The van der Waals surface area contributed by atoms with Crippen molar-refractivity contribution in [2.24, 2.45) is 0 Å². The van der Waals surface area contributed by atoms with Gasteiger partial charge in [-0.3, -0.25) is 0 Å². The van der Waals surface area contributed by atoms with Crippen molar-refractivity contribution in [1.82, 2.24) is 9.13 Å². The van der Waals surface area contributed by atoms with E-state index in [-0.39, 0.29) is 18.3 Å². The van der Waals surface area contributed by atoms with Crippen LogP contribution in [0.2, 0.25) is 0 Å². The normalized spacial score (nSPS) is 11.5. The van der Waals surface area contributed by atoms with Gasteiger partial charge in [-0.25, -0.2) is 0 Å². The maximum atomic E-state index is 3.50. The van der Waals surface area contributed by atoms with Gasteiger partial charge in [0.2, 0.25) is 0 Å². The molecule has 0 unspecified atom stereocenters. The van der Waals surface area contributed by atoms with Gasteiger partial charge in [0.15, 0.2) is 0 Å². The van der Waals surface area contributed by atoms with Crippen LogP contribution in [0.3, 0.4) is 0 Å². The molecular formula is C85H77BrN4. The summed E-state index contributed by atoms with van der Waals surface area (Å²) in [7, 11) is 0. The van der Waals surface area contributed by atoms with Crippen LogP contribution in [-0.4, -0.2) is 9.13 Å². The van der Waals surface area contributed by atoms with Gasteiger partial charge in [0.1, 0.15) is 0 Å². The number of nitrogens with zero attached hydrogens (tertiary/aromatic N) is 3. The molecule has 4 nitrogen and oxygen atoms in total. The highest BCUT2D eigenvalue weighted by molar-refractivity contribution is 9.10. The monoisotopic (exact) mass is 1230 g/mol. The van der Waals surface area contributed by atoms with Crippen molar-refractivity contribution in [3.8, 4) is 11.4 Å². The predicted molar refractivity (Wildman–Crippen MR) is 395 cm³/mol. The van der Waals surface area contributed by atoms with E-state index in [0.717, 1.165) is 32.9 Å². The van der Waals surface area contributed by atoms with Gasteiger partial charge in [-0.15, -0.1) is 0 Å². The SMILES string of the molecule is C.CC(C)(C)c1ccc(/C=C/c2ccc(Br)cc2)cc1.CC(C)(C)c1ccc(/C=C/c2ccc(N(c3ccccc3)c3ccc4c(c3)c3ccccc3n4-c3ccccc3)cc2)cc1.c1ccc(Nc2ccc3c(c2)c2ccccc2n3-c2ccccc2)cc1. The molecule has 2 aromatic heterocycles. The first-order valence-corrected chi connectivity index (χ1v) is 31.4. The molecule has 1 N–H and O–H groups in total. The van der Waals surface area contributed by atoms with Crippen molar-refractivity contribution in [2.75, 3.05) is 10.2 Å².